The Morgan fingerprint density at radius 1 is 1.08 bits per heavy atom. The van der Waals surface area contributed by atoms with Crippen LogP contribution in [0.3, 0.4) is 0 Å². The number of sulfonamides is 1. The summed E-state index contributed by atoms with van der Waals surface area (Å²) in [5.41, 5.74) is 3.50. The van der Waals surface area contributed by atoms with Crippen molar-refractivity contribution in [2.45, 2.75) is 4.90 Å². The Balaban J connectivity index is 1.84. The molecule has 0 aliphatic carbocycles. The summed E-state index contributed by atoms with van der Waals surface area (Å²) in [5.74, 6) is -0.357. The number of hydrogen-bond acceptors (Lipinski definition) is 4. The molecule has 1 aromatic heterocycles. The van der Waals surface area contributed by atoms with Crippen molar-refractivity contribution in [1.29, 1.82) is 0 Å². The number of ether oxygens (including phenoxy) is 1. The first kappa shape index (κ1) is 17.0. The number of rotatable bonds is 5. The standard InChI is InChI=1S/C17H17N3O4S/c1-20-11-13(12-7-3-4-8-14(12)20)17(21)18-19-25(22,23)16-10-6-5-9-15(16)24-2/h3-11,19H,1-2H3,(H,18,21). The molecule has 1 amide bonds. The average molecular weight is 359 g/mol. The summed E-state index contributed by atoms with van der Waals surface area (Å²) in [7, 11) is -0.771. The first-order chi connectivity index (χ1) is 11.9. The fraction of sp³-hybridized carbons (Fsp3) is 0.118. The Kier molecular flexibility index (Phi) is 4.47. The number of carbonyl (C=O) groups is 1. The highest BCUT2D eigenvalue weighted by Crippen LogP contribution is 2.22. The zero-order valence-corrected chi connectivity index (χ0v) is 14.5. The molecule has 7 nitrogen and oxygen atoms in total. The third kappa shape index (κ3) is 3.21. The van der Waals surface area contributed by atoms with Crippen LogP contribution in [0.15, 0.2) is 59.6 Å². The zero-order chi connectivity index (χ0) is 18.0. The minimum Gasteiger partial charge on any atom is -0.495 e. The number of fused-ring (bicyclic) bond motifs is 1. The number of methoxy groups -OCH3 is 1. The van der Waals surface area contributed by atoms with E-state index in [-0.39, 0.29) is 10.6 Å². The van der Waals surface area contributed by atoms with E-state index in [9.17, 15) is 13.2 Å². The Labute approximate surface area is 145 Å². The lowest BCUT2D eigenvalue weighted by Crippen LogP contribution is -2.41. The molecule has 0 unspecified atom stereocenters. The summed E-state index contributed by atoms with van der Waals surface area (Å²) in [6.07, 6.45) is 1.65. The lowest BCUT2D eigenvalue weighted by Gasteiger charge is -2.11. The van der Waals surface area contributed by atoms with Crippen molar-refractivity contribution in [2.75, 3.05) is 7.11 Å². The van der Waals surface area contributed by atoms with E-state index < -0.39 is 15.9 Å². The van der Waals surface area contributed by atoms with Gasteiger partial charge in [-0.2, -0.15) is 0 Å². The summed E-state index contributed by atoms with van der Waals surface area (Å²) >= 11 is 0. The van der Waals surface area contributed by atoms with Gasteiger partial charge in [0.05, 0.1) is 12.7 Å². The number of hydrogen-bond donors (Lipinski definition) is 2. The van der Waals surface area contributed by atoms with Crippen LogP contribution in [-0.4, -0.2) is 26.0 Å². The molecule has 0 saturated heterocycles. The molecule has 3 aromatic rings. The number of hydrazine groups is 1. The molecule has 0 aliphatic heterocycles. The highest BCUT2D eigenvalue weighted by Gasteiger charge is 2.21. The second kappa shape index (κ2) is 6.58. The lowest BCUT2D eigenvalue weighted by atomic mass is 10.2. The maximum Gasteiger partial charge on any atom is 0.268 e. The van der Waals surface area contributed by atoms with Crippen LogP contribution in [0.4, 0.5) is 0 Å². The van der Waals surface area contributed by atoms with Crippen molar-refractivity contribution >= 4 is 26.8 Å². The van der Waals surface area contributed by atoms with Crippen LogP contribution >= 0.6 is 0 Å². The smallest absolute Gasteiger partial charge is 0.268 e. The first-order valence-electron chi connectivity index (χ1n) is 7.43. The molecule has 0 radical (unpaired) electrons. The normalized spacial score (nSPS) is 11.4. The first-order valence-corrected chi connectivity index (χ1v) is 8.91. The number of nitrogens with one attached hydrogen (secondary N) is 2. The molecule has 3 rings (SSSR count). The van der Waals surface area contributed by atoms with E-state index in [2.05, 4.69) is 10.3 Å². The number of nitrogens with zero attached hydrogens (tertiary/aromatic N) is 1. The SMILES string of the molecule is COc1ccccc1S(=O)(=O)NNC(=O)c1cn(C)c2ccccc12. The quantitative estimate of drug-likeness (QED) is 0.680. The number of carbonyl (C=O) groups excluding carboxylic acids is 1. The molecule has 0 saturated carbocycles. The van der Waals surface area contributed by atoms with Crippen LogP contribution < -0.4 is 15.0 Å². The molecule has 0 aliphatic rings. The van der Waals surface area contributed by atoms with Gasteiger partial charge in [-0.25, -0.2) is 8.42 Å². The maximum atomic E-state index is 12.4. The molecule has 0 atom stereocenters. The predicted molar refractivity (Wildman–Crippen MR) is 93.7 cm³/mol. The maximum absolute atomic E-state index is 12.4. The Morgan fingerprint density at radius 2 is 1.76 bits per heavy atom. The third-order valence-corrected chi connectivity index (χ3v) is 5.09. The van der Waals surface area contributed by atoms with Gasteiger partial charge >= 0.3 is 0 Å². The molecule has 2 aromatic carbocycles. The number of para-hydroxylation sites is 2. The molecule has 2 N–H and O–H groups in total. The number of benzene rings is 2. The van der Waals surface area contributed by atoms with Crippen molar-refractivity contribution in [3.63, 3.8) is 0 Å². The monoisotopic (exact) mass is 359 g/mol. The summed E-state index contributed by atoms with van der Waals surface area (Å²) < 4.78 is 31.7. The third-order valence-electron chi connectivity index (χ3n) is 3.80. The fourth-order valence-electron chi connectivity index (χ4n) is 2.60. The van der Waals surface area contributed by atoms with Crippen molar-refractivity contribution in [3.05, 3.63) is 60.3 Å². The van der Waals surface area contributed by atoms with Crippen LogP contribution in [0.1, 0.15) is 10.4 Å². The number of aromatic nitrogens is 1. The summed E-state index contributed by atoms with van der Waals surface area (Å²) in [4.78, 5) is 14.5. The van der Waals surface area contributed by atoms with Gasteiger partial charge in [0.1, 0.15) is 10.6 Å². The van der Waals surface area contributed by atoms with Crippen molar-refractivity contribution in [2.24, 2.45) is 7.05 Å². The van der Waals surface area contributed by atoms with Gasteiger partial charge in [-0.1, -0.05) is 30.3 Å². The molecular formula is C17H17N3O4S. The molecule has 1 heterocycles. The van der Waals surface area contributed by atoms with E-state index in [1.54, 1.807) is 29.0 Å². The second-order valence-corrected chi connectivity index (χ2v) is 7.03. The molecule has 0 bridgehead atoms. The van der Waals surface area contributed by atoms with E-state index in [0.29, 0.717) is 5.56 Å². The van der Waals surface area contributed by atoms with Gasteiger partial charge in [0.25, 0.3) is 15.9 Å². The highest BCUT2D eigenvalue weighted by molar-refractivity contribution is 7.89. The summed E-state index contributed by atoms with van der Waals surface area (Å²) in [5, 5.41) is 0.735. The Hall–Kier alpha value is -2.84. The van der Waals surface area contributed by atoms with Gasteiger partial charge in [0, 0.05) is 24.1 Å². The number of aryl methyl sites for hydroxylation is 1. The summed E-state index contributed by atoms with van der Waals surface area (Å²) in [6, 6.07) is 13.5. The minimum absolute atomic E-state index is 0.0595. The van der Waals surface area contributed by atoms with Crippen LogP contribution in [0.5, 0.6) is 5.75 Å². The van der Waals surface area contributed by atoms with Gasteiger partial charge in [-0.3, -0.25) is 10.2 Å². The van der Waals surface area contributed by atoms with Gasteiger partial charge < -0.3 is 9.30 Å². The highest BCUT2D eigenvalue weighted by atomic mass is 32.2. The predicted octanol–water partition coefficient (Wildman–Crippen LogP) is 1.81. The molecule has 0 fully saturated rings. The minimum atomic E-state index is -3.97. The van der Waals surface area contributed by atoms with Crippen LogP contribution in [0.2, 0.25) is 0 Å². The number of amides is 1. The zero-order valence-electron chi connectivity index (χ0n) is 13.7. The summed E-state index contributed by atoms with van der Waals surface area (Å²) in [6.45, 7) is 0. The second-order valence-electron chi connectivity index (χ2n) is 5.38. The van der Waals surface area contributed by atoms with E-state index in [1.807, 2.05) is 25.2 Å². The van der Waals surface area contributed by atoms with Crippen molar-refractivity contribution in [1.82, 2.24) is 14.8 Å². The van der Waals surface area contributed by atoms with E-state index >= 15 is 0 Å². The van der Waals surface area contributed by atoms with Gasteiger partial charge in [-0.05, 0) is 18.2 Å². The molecule has 25 heavy (non-hydrogen) atoms. The van der Waals surface area contributed by atoms with Crippen LogP contribution in [0, 0.1) is 0 Å². The topological polar surface area (TPSA) is 89.4 Å². The fourth-order valence-corrected chi connectivity index (χ4v) is 3.61. The van der Waals surface area contributed by atoms with Crippen molar-refractivity contribution in [3.8, 4) is 5.75 Å². The van der Waals surface area contributed by atoms with E-state index in [0.717, 1.165) is 10.9 Å². The molecular weight excluding hydrogens is 342 g/mol. The van der Waals surface area contributed by atoms with E-state index in [1.165, 1.54) is 19.2 Å². The molecule has 0 spiro atoms. The molecule has 130 valence electrons. The average Bonchev–Trinajstić information content (AvgIpc) is 2.97. The van der Waals surface area contributed by atoms with Gasteiger partial charge in [0.15, 0.2) is 0 Å². The van der Waals surface area contributed by atoms with Gasteiger partial charge in [0.2, 0.25) is 0 Å². The largest absolute Gasteiger partial charge is 0.495 e. The van der Waals surface area contributed by atoms with Gasteiger partial charge in [-0.15, -0.1) is 4.83 Å². The Morgan fingerprint density at radius 3 is 2.52 bits per heavy atom. The van der Waals surface area contributed by atoms with E-state index in [4.69, 9.17) is 4.74 Å². The lowest BCUT2D eigenvalue weighted by molar-refractivity contribution is 0.0946. The molecule has 8 heteroatoms. The Bertz CT molecular complexity index is 1040. The van der Waals surface area contributed by atoms with Crippen LogP contribution in [0.25, 0.3) is 10.9 Å². The van der Waals surface area contributed by atoms with Crippen molar-refractivity contribution < 1.29 is 17.9 Å². The van der Waals surface area contributed by atoms with Crippen LogP contribution in [-0.2, 0) is 17.1 Å².